The van der Waals surface area contributed by atoms with Gasteiger partial charge in [-0.15, -0.1) is 0 Å². The van der Waals surface area contributed by atoms with Crippen molar-refractivity contribution in [3.63, 3.8) is 0 Å². The van der Waals surface area contributed by atoms with Gasteiger partial charge in [-0.05, 0) is 18.1 Å². The van der Waals surface area contributed by atoms with Gasteiger partial charge >= 0.3 is 0 Å². The smallest absolute Gasteiger partial charge is 0.159 e. The van der Waals surface area contributed by atoms with Crippen LogP contribution in [-0.2, 0) is 0 Å². The summed E-state index contributed by atoms with van der Waals surface area (Å²) in [5.74, 6) is 0.121. The molecule has 1 heteroatoms. The van der Waals surface area contributed by atoms with Crippen LogP contribution in [0.4, 0.5) is 0 Å². The van der Waals surface area contributed by atoms with E-state index in [1.807, 2.05) is 30.3 Å². The fraction of sp³-hybridized carbons (Fsp3) is 0.0714. The molecule has 0 spiro atoms. The minimum atomic E-state index is 0.121. The second-order valence-electron chi connectivity index (χ2n) is 3.50. The molecule has 2 aliphatic carbocycles. The van der Waals surface area contributed by atoms with Crippen LogP contribution in [0.2, 0.25) is 0 Å². The second-order valence-corrected chi connectivity index (χ2v) is 3.50. The SMILES string of the molecule is CC(=O)c1ccccc1.c1cc2ccc1-2. The van der Waals surface area contributed by atoms with Crippen molar-refractivity contribution >= 4 is 5.78 Å². The molecule has 3 rings (SSSR count). The zero-order chi connectivity index (χ0) is 10.7. The third-order valence-corrected chi connectivity index (χ3v) is 2.40. The molecule has 2 aliphatic rings. The summed E-state index contributed by atoms with van der Waals surface area (Å²) in [4.78, 5) is 10.6. The number of fused-ring (bicyclic) bond motifs is 1. The molecule has 0 fully saturated rings. The van der Waals surface area contributed by atoms with E-state index in [1.54, 1.807) is 6.92 Å². The number of ketones is 1. The Morgan fingerprint density at radius 3 is 1.47 bits per heavy atom. The van der Waals surface area contributed by atoms with Crippen LogP contribution in [-0.4, -0.2) is 5.78 Å². The van der Waals surface area contributed by atoms with Gasteiger partial charge in [0.05, 0.1) is 0 Å². The molecule has 1 aromatic rings. The first-order chi connectivity index (χ1) is 7.27. The second kappa shape index (κ2) is 4.09. The number of hydrogen-bond donors (Lipinski definition) is 0. The van der Waals surface area contributed by atoms with E-state index < -0.39 is 0 Å². The van der Waals surface area contributed by atoms with Crippen molar-refractivity contribution < 1.29 is 4.79 Å². The Morgan fingerprint density at radius 2 is 1.27 bits per heavy atom. The summed E-state index contributed by atoms with van der Waals surface area (Å²) in [5.41, 5.74) is 3.63. The van der Waals surface area contributed by atoms with E-state index in [0.717, 1.165) is 5.56 Å². The average molecular weight is 196 g/mol. The summed E-state index contributed by atoms with van der Waals surface area (Å²) < 4.78 is 0. The Kier molecular flexibility index (Phi) is 2.64. The molecule has 0 aromatic heterocycles. The molecule has 0 atom stereocenters. The third-order valence-electron chi connectivity index (χ3n) is 2.40. The number of Topliss-reactive ketones (excluding diaryl/α,β-unsaturated/α-hetero) is 1. The number of hydrogen-bond acceptors (Lipinski definition) is 1. The number of benzene rings is 2. The van der Waals surface area contributed by atoms with Gasteiger partial charge in [-0.3, -0.25) is 4.79 Å². The molecular weight excluding hydrogens is 184 g/mol. The van der Waals surface area contributed by atoms with Crippen molar-refractivity contribution in [1.29, 1.82) is 0 Å². The Bertz CT molecular complexity index is 433. The van der Waals surface area contributed by atoms with E-state index in [4.69, 9.17) is 0 Å². The molecule has 0 bridgehead atoms. The van der Waals surface area contributed by atoms with Crippen LogP contribution in [0.15, 0.2) is 54.6 Å². The van der Waals surface area contributed by atoms with Crippen LogP contribution in [0.25, 0.3) is 11.1 Å². The number of carbonyl (C=O) groups excluding carboxylic acids is 1. The zero-order valence-electron chi connectivity index (χ0n) is 8.60. The summed E-state index contributed by atoms with van der Waals surface area (Å²) >= 11 is 0. The highest BCUT2D eigenvalue weighted by atomic mass is 16.1. The van der Waals surface area contributed by atoms with Crippen LogP contribution in [0.1, 0.15) is 17.3 Å². The van der Waals surface area contributed by atoms with Crippen LogP contribution >= 0.6 is 0 Å². The number of rotatable bonds is 1. The Morgan fingerprint density at radius 1 is 0.800 bits per heavy atom. The zero-order valence-corrected chi connectivity index (χ0v) is 8.60. The fourth-order valence-corrected chi connectivity index (χ4v) is 1.34. The lowest BCUT2D eigenvalue weighted by Crippen LogP contribution is -1.88. The number of carbonyl (C=O) groups is 1. The van der Waals surface area contributed by atoms with Crippen LogP contribution < -0.4 is 0 Å². The molecule has 1 aromatic carbocycles. The van der Waals surface area contributed by atoms with E-state index in [-0.39, 0.29) is 5.78 Å². The third kappa shape index (κ3) is 2.13. The first-order valence-corrected chi connectivity index (χ1v) is 4.94. The van der Waals surface area contributed by atoms with Gasteiger partial charge in [0.2, 0.25) is 0 Å². The largest absolute Gasteiger partial charge is 0.295 e. The Balaban J connectivity index is 0.000000121. The molecule has 0 aliphatic heterocycles. The molecule has 1 nitrogen and oxygen atoms in total. The van der Waals surface area contributed by atoms with E-state index in [9.17, 15) is 4.79 Å². The lowest BCUT2D eigenvalue weighted by molar-refractivity contribution is 0.101. The minimum Gasteiger partial charge on any atom is -0.295 e. The molecule has 0 saturated heterocycles. The maximum absolute atomic E-state index is 10.6. The lowest BCUT2D eigenvalue weighted by Gasteiger charge is -2.10. The molecule has 15 heavy (non-hydrogen) atoms. The van der Waals surface area contributed by atoms with Crippen molar-refractivity contribution in [3.05, 3.63) is 60.2 Å². The van der Waals surface area contributed by atoms with Gasteiger partial charge < -0.3 is 0 Å². The van der Waals surface area contributed by atoms with Gasteiger partial charge in [0.15, 0.2) is 5.78 Å². The topological polar surface area (TPSA) is 17.1 Å². The van der Waals surface area contributed by atoms with Gasteiger partial charge in [0.25, 0.3) is 0 Å². The maximum atomic E-state index is 10.6. The molecule has 0 N–H and O–H groups in total. The highest BCUT2D eigenvalue weighted by molar-refractivity contribution is 5.93. The monoisotopic (exact) mass is 196 g/mol. The summed E-state index contributed by atoms with van der Waals surface area (Å²) in [5, 5.41) is 0. The molecule has 0 unspecified atom stereocenters. The summed E-state index contributed by atoms with van der Waals surface area (Å²) in [6, 6.07) is 17.7. The van der Waals surface area contributed by atoms with E-state index in [1.165, 1.54) is 11.1 Å². The molecule has 74 valence electrons. The predicted octanol–water partition coefficient (Wildman–Crippen LogP) is 3.56. The Hall–Kier alpha value is -1.89. The highest BCUT2D eigenvalue weighted by Crippen LogP contribution is 2.29. The van der Waals surface area contributed by atoms with Crippen molar-refractivity contribution in [2.45, 2.75) is 6.92 Å². The summed E-state index contributed by atoms with van der Waals surface area (Å²) in [7, 11) is 0. The van der Waals surface area contributed by atoms with E-state index >= 15 is 0 Å². The van der Waals surface area contributed by atoms with Crippen molar-refractivity contribution in [3.8, 4) is 11.1 Å². The summed E-state index contributed by atoms with van der Waals surface area (Å²) in [6.07, 6.45) is 0. The molecular formula is C14H12O. The van der Waals surface area contributed by atoms with E-state index in [0.29, 0.717) is 0 Å². The van der Waals surface area contributed by atoms with Gasteiger partial charge in [0.1, 0.15) is 0 Å². The quantitative estimate of drug-likeness (QED) is 0.544. The molecule has 0 heterocycles. The van der Waals surface area contributed by atoms with E-state index in [2.05, 4.69) is 24.3 Å². The predicted molar refractivity (Wildman–Crippen MR) is 61.9 cm³/mol. The summed E-state index contributed by atoms with van der Waals surface area (Å²) in [6.45, 7) is 1.56. The van der Waals surface area contributed by atoms with Gasteiger partial charge in [-0.25, -0.2) is 0 Å². The van der Waals surface area contributed by atoms with Gasteiger partial charge in [-0.2, -0.15) is 0 Å². The molecule has 0 saturated carbocycles. The minimum absolute atomic E-state index is 0.121. The first-order valence-electron chi connectivity index (χ1n) is 4.94. The van der Waals surface area contributed by atoms with Crippen molar-refractivity contribution in [2.75, 3.05) is 0 Å². The van der Waals surface area contributed by atoms with Gasteiger partial charge in [0, 0.05) is 5.56 Å². The standard InChI is InChI=1S/C8H8O.C6H4/c1-7(9)8-5-3-2-4-6-8;1-2-6-4-3-5(1)6/h2-6H,1H3;1-4H. The Labute approximate surface area is 89.4 Å². The van der Waals surface area contributed by atoms with Crippen LogP contribution in [0.3, 0.4) is 0 Å². The van der Waals surface area contributed by atoms with Crippen LogP contribution in [0.5, 0.6) is 0 Å². The lowest BCUT2D eigenvalue weighted by atomic mass is 9.95. The van der Waals surface area contributed by atoms with Crippen LogP contribution in [0, 0.1) is 0 Å². The normalized spacial score (nSPS) is 9.93. The highest BCUT2D eigenvalue weighted by Gasteiger charge is 2.03. The van der Waals surface area contributed by atoms with Crippen molar-refractivity contribution in [2.24, 2.45) is 0 Å². The van der Waals surface area contributed by atoms with Gasteiger partial charge in [-0.1, -0.05) is 54.6 Å². The fourth-order valence-electron chi connectivity index (χ4n) is 1.34. The maximum Gasteiger partial charge on any atom is 0.159 e. The van der Waals surface area contributed by atoms with Crippen molar-refractivity contribution in [1.82, 2.24) is 0 Å². The average Bonchev–Trinajstić information content (AvgIpc) is 2.25. The molecule has 0 amide bonds. The molecule has 0 radical (unpaired) electrons. The first kappa shape index (κ1) is 9.66.